The zero-order valence-electron chi connectivity index (χ0n) is 14.5. The van der Waals surface area contributed by atoms with Crippen molar-refractivity contribution in [1.82, 2.24) is 9.78 Å². The molecule has 0 bridgehead atoms. The molecule has 0 aliphatic carbocycles. The van der Waals surface area contributed by atoms with E-state index in [2.05, 4.69) is 5.10 Å². The van der Waals surface area contributed by atoms with E-state index in [1.54, 1.807) is 43.3 Å². The van der Waals surface area contributed by atoms with E-state index in [9.17, 15) is 9.59 Å². The van der Waals surface area contributed by atoms with E-state index >= 15 is 0 Å². The Labute approximate surface area is 159 Å². The van der Waals surface area contributed by atoms with Gasteiger partial charge in [-0.1, -0.05) is 54.1 Å². The number of hydrogen-bond acceptors (Lipinski definition) is 4. The van der Waals surface area contributed by atoms with Gasteiger partial charge in [-0.25, -0.2) is 9.48 Å². The molecule has 0 saturated heterocycles. The van der Waals surface area contributed by atoms with Crippen molar-refractivity contribution < 1.29 is 9.53 Å². The zero-order valence-corrected chi connectivity index (χ0v) is 15.2. The van der Waals surface area contributed by atoms with Crippen LogP contribution in [0.4, 0.5) is 0 Å². The quantitative estimate of drug-likeness (QED) is 0.390. The molecule has 4 aromatic rings. The molecule has 6 heteroatoms. The van der Waals surface area contributed by atoms with Gasteiger partial charge in [0, 0.05) is 27.7 Å². The molecule has 0 fully saturated rings. The maximum absolute atomic E-state index is 12.9. The number of carbonyl (C=O) groups is 1. The molecule has 27 heavy (non-hydrogen) atoms. The average molecular weight is 379 g/mol. The van der Waals surface area contributed by atoms with Crippen molar-refractivity contribution >= 4 is 39.1 Å². The lowest BCUT2D eigenvalue weighted by molar-refractivity contribution is 0.0730. The van der Waals surface area contributed by atoms with Gasteiger partial charge in [0.05, 0.1) is 5.39 Å². The summed E-state index contributed by atoms with van der Waals surface area (Å²) in [6.07, 6.45) is 0. The van der Waals surface area contributed by atoms with Crippen LogP contribution in [0.5, 0.6) is 5.75 Å². The van der Waals surface area contributed by atoms with Crippen molar-refractivity contribution in [2.45, 2.75) is 13.5 Å². The van der Waals surface area contributed by atoms with Crippen LogP contribution in [0.1, 0.15) is 17.4 Å². The van der Waals surface area contributed by atoms with Crippen LogP contribution in [0.2, 0.25) is 5.02 Å². The molecular weight excluding hydrogens is 364 g/mol. The predicted molar refractivity (Wildman–Crippen MR) is 106 cm³/mol. The van der Waals surface area contributed by atoms with Gasteiger partial charge in [-0.05, 0) is 25.1 Å². The Bertz CT molecular complexity index is 1250. The van der Waals surface area contributed by atoms with E-state index in [1.165, 1.54) is 4.68 Å². The number of esters is 1. The van der Waals surface area contributed by atoms with Crippen molar-refractivity contribution in [3.63, 3.8) is 0 Å². The molecule has 3 aromatic carbocycles. The summed E-state index contributed by atoms with van der Waals surface area (Å²) in [5.41, 5.74) is -0.132. The largest absolute Gasteiger partial charge is 0.421 e. The number of hydrogen-bond donors (Lipinski definition) is 0. The summed E-state index contributed by atoms with van der Waals surface area (Å²) in [5, 5.41) is 7.21. The molecule has 134 valence electrons. The Balaban J connectivity index is 1.85. The molecule has 0 amide bonds. The van der Waals surface area contributed by atoms with Gasteiger partial charge in [-0.3, -0.25) is 4.79 Å². The van der Waals surface area contributed by atoms with Crippen molar-refractivity contribution in [2.24, 2.45) is 0 Å². The van der Waals surface area contributed by atoms with Crippen molar-refractivity contribution in [3.05, 3.63) is 81.7 Å². The molecule has 1 heterocycles. The third-order valence-electron chi connectivity index (χ3n) is 4.39. The highest BCUT2D eigenvalue weighted by atomic mass is 35.5. The molecular formula is C21H15ClN2O3. The molecule has 0 N–H and O–H groups in total. The lowest BCUT2D eigenvalue weighted by Gasteiger charge is -2.11. The first-order valence-corrected chi connectivity index (χ1v) is 8.87. The van der Waals surface area contributed by atoms with Crippen LogP contribution < -0.4 is 10.3 Å². The first-order chi connectivity index (χ1) is 13.1. The predicted octanol–water partition coefficient (Wildman–Crippen LogP) is 4.44. The maximum Gasteiger partial charge on any atom is 0.364 e. The van der Waals surface area contributed by atoms with Gasteiger partial charge in [0.2, 0.25) is 0 Å². The summed E-state index contributed by atoms with van der Waals surface area (Å²) in [5.74, 6) is -0.235. The molecule has 0 spiro atoms. The summed E-state index contributed by atoms with van der Waals surface area (Å²) in [6, 6.07) is 17.6. The topological polar surface area (TPSA) is 61.2 Å². The highest BCUT2D eigenvalue weighted by Gasteiger charge is 2.19. The highest BCUT2D eigenvalue weighted by molar-refractivity contribution is 6.35. The molecule has 0 unspecified atom stereocenters. The van der Waals surface area contributed by atoms with Gasteiger partial charge in [0.25, 0.3) is 5.56 Å². The van der Waals surface area contributed by atoms with Crippen LogP contribution in [0.15, 0.2) is 65.5 Å². The van der Waals surface area contributed by atoms with Crippen LogP contribution in [-0.4, -0.2) is 15.7 Å². The standard InChI is InChI=1S/C21H15ClN2O3/c1-2-24-20(25)16-10-6-5-9-15(16)19(23-24)21(26)27-18-12-11-17(22)13-7-3-4-8-14(13)18/h3-12H,2H2,1H3. The number of halogens is 1. The number of rotatable bonds is 3. The molecule has 0 aliphatic heterocycles. The van der Waals surface area contributed by atoms with Gasteiger partial charge >= 0.3 is 5.97 Å². The zero-order chi connectivity index (χ0) is 19.0. The normalized spacial score (nSPS) is 11.0. The van der Waals surface area contributed by atoms with Crippen LogP contribution >= 0.6 is 11.6 Å². The van der Waals surface area contributed by atoms with Crippen LogP contribution in [0.3, 0.4) is 0 Å². The fourth-order valence-corrected chi connectivity index (χ4v) is 3.30. The van der Waals surface area contributed by atoms with Crippen molar-refractivity contribution in [2.75, 3.05) is 0 Å². The summed E-state index contributed by atoms with van der Waals surface area (Å²) >= 11 is 6.23. The Hall–Kier alpha value is -3.18. The lowest BCUT2D eigenvalue weighted by atomic mass is 10.1. The molecule has 5 nitrogen and oxygen atoms in total. The second-order valence-electron chi connectivity index (χ2n) is 6.00. The van der Waals surface area contributed by atoms with Crippen LogP contribution in [0.25, 0.3) is 21.5 Å². The van der Waals surface area contributed by atoms with Gasteiger partial charge in [0.15, 0.2) is 5.69 Å². The first-order valence-electron chi connectivity index (χ1n) is 8.49. The van der Waals surface area contributed by atoms with E-state index in [0.29, 0.717) is 28.1 Å². The Morgan fingerprint density at radius 2 is 1.59 bits per heavy atom. The number of fused-ring (bicyclic) bond motifs is 2. The highest BCUT2D eigenvalue weighted by Crippen LogP contribution is 2.31. The molecule has 1 aromatic heterocycles. The Morgan fingerprint density at radius 1 is 0.963 bits per heavy atom. The number of nitrogens with zero attached hydrogens (tertiary/aromatic N) is 2. The van der Waals surface area contributed by atoms with Crippen molar-refractivity contribution in [1.29, 1.82) is 0 Å². The SMILES string of the molecule is CCn1nc(C(=O)Oc2ccc(Cl)c3ccccc23)c2ccccc2c1=O. The molecule has 0 aliphatic rings. The summed E-state index contributed by atoms with van der Waals surface area (Å²) in [7, 11) is 0. The summed E-state index contributed by atoms with van der Waals surface area (Å²) < 4.78 is 6.90. The van der Waals surface area contributed by atoms with E-state index in [4.69, 9.17) is 16.3 Å². The number of aryl methyl sites for hydroxylation is 1. The number of ether oxygens (including phenoxy) is 1. The van der Waals surface area contributed by atoms with Crippen LogP contribution in [0, 0.1) is 0 Å². The number of aromatic nitrogens is 2. The minimum Gasteiger partial charge on any atom is -0.421 e. The van der Waals surface area contributed by atoms with Crippen molar-refractivity contribution in [3.8, 4) is 5.75 Å². The van der Waals surface area contributed by atoms with Crippen LogP contribution in [-0.2, 0) is 6.54 Å². The molecule has 0 saturated carbocycles. The van der Waals surface area contributed by atoms with E-state index in [1.807, 2.05) is 24.3 Å². The fourth-order valence-electron chi connectivity index (χ4n) is 3.07. The van der Waals surface area contributed by atoms with Gasteiger partial charge in [0.1, 0.15) is 5.75 Å². The smallest absolute Gasteiger partial charge is 0.364 e. The minimum absolute atomic E-state index is 0.103. The fraction of sp³-hybridized carbons (Fsp3) is 0.0952. The summed E-state index contributed by atoms with van der Waals surface area (Å²) in [4.78, 5) is 25.3. The lowest BCUT2D eigenvalue weighted by Crippen LogP contribution is -2.26. The second kappa shape index (κ2) is 6.85. The molecule has 0 atom stereocenters. The Morgan fingerprint density at radius 3 is 2.30 bits per heavy atom. The maximum atomic E-state index is 12.9. The second-order valence-corrected chi connectivity index (χ2v) is 6.40. The first kappa shape index (κ1) is 17.2. The third kappa shape index (κ3) is 2.96. The minimum atomic E-state index is -0.624. The van der Waals surface area contributed by atoms with E-state index in [0.717, 1.165) is 10.8 Å². The Kier molecular flexibility index (Phi) is 4.38. The summed E-state index contributed by atoms with van der Waals surface area (Å²) in [6.45, 7) is 2.15. The van der Waals surface area contributed by atoms with Gasteiger partial charge in [-0.2, -0.15) is 5.10 Å². The molecule has 4 rings (SSSR count). The van der Waals surface area contributed by atoms with Gasteiger partial charge < -0.3 is 4.74 Å². The van der Waals surface area contributed by atoms with E-state index < -0.39 is 5.97 Å². The number of carbonyl (C=O) groups excluding carboxylic acids is 1. The number of benzene rings is 3. The monoisotopic (exact) mass is 378 g/mol. The third-order valence-corrected chi connectivity index (χ3v) is 4.72. The van der Waals surface area contributed by atoms with E-state index in [-0.39, 0.29) is 11.3 Å². The van der Waals surface area contributed by atoms with Gasteiger partial charge in [-0.15, -0.1) is 0 Å². The average Bonchev–Trinajstić information content (AvgIpc) is 2.71. The molecule has 0 radical (unpaired) electrons.